The highest BCUT2D eigenvalue weighted by Crippen LogP contribution is 2.46. The van der Waals surface area contributed by atoms with E-state index in [9.17, 15) is 9.59 Å². The summed E-state index contributed by atoms with van der Waals surface area (Å²) in [7, 11) is 0. The molecule has 10 aromatic rings. The first kappa shape index (κ1) is 31.4. The van der Waals surface area contributed by atoms with Crippen LogP contribution >= 0.6 is 0 Å². The number of hydrogen-bond acceptors (Lipinski definition) is 4. The van der Waals surface area contributed by atoms with Crippen LogP contribution in [0.2, 0.25) is 0 Å². The average molecular weight is 695 g/mol. The number of benzene rings is 10. The minimum atomic E-state index is -0.482. The van der Waals surface area contributed by atoms with Crippen molar-refractivity contribution in [1.82, 2.24) is 0 Å². The van der Waals surface area contributed by atoms with Crippen LogP contribution in [-0.2, 0) is 0 Å². The maximum absolute atomic E-state index is 14.0. The normalized spacial score (nSPS) is 11.5. The second kappa shape index (κ2) is 12.7. The Bertz CT molecular complexity index is 2940. The van der Waals surface area contributed by atoms with Crippen LogP contribution in [0, 0.1) is 0 Å². The van der Waals surface area contributed by atoms with Crippen molar-refractivity contribution in [3.63, 3.8) is 0 Å². The molecule has 4 nitrogen and oxygen atoms in total. The lowest BCUT2D eigenvalue weighted by Crippen LogP contribution is -2.11. The Morgan fingerprint density at radius 3 is 1.02 bits per heavy atom. The molecule has 0 heterocycles. The molecule has 0 aliphatic heterocycles. The van der Waals surface area contributed by atoms with Crippen molar-refractivity contribution in [2.45, 2.75) is 0 Å². The molecule has 0 aliphatic rings. The van der Waals surface area contributed by atoms with Crippen LogP contribution in [0.3, 0.4) is 0 Å². The smallest absolute Gasteiger partial charge is 0.343 e. The Morgan fingerprint density at radius 2 is 0.611 bits per heavy atom. The molecule has 0 aliphatic carbocycles. The highest BCUT2D eigenvalue weighted by molar-refractivity contribution is 6.12. The van der Waals surface area contributed by atoms with Crippen LogP contribution in [0.4, 0.5) is 0 Å². The number of ether oxygens (including phenoxy) is 2. The Balaban J connectivity index is 1.09. The van der Waals surface area contributed by atoms with Gasteiger partial charge >= 0.3 is 11.9 Å². The summed E-state index contributed by atoms with van der Waals surface area (Å²) in [6.07, 6.45) is 0. The lowest BCUT2D eigenvalue weighted by Gasteiger charge is -2.19. The van der Waals surface area contributed by atoms with E-state index in [1.807, 2.05) is 121 Å². The summed E-state index contributed by atoms with van der Waals surface area (Å²) in [4.78, 5) is 28.1. The maximum atomic E-state index is 14.0. The molecule has 0 bridgehead atoms. The van der Waals surface area contributed by atoms with E-state index in [-0.39, 0.29) is 0 Å². The van der Waals surface area contributed by atoms with Crippen molar-refractivity contribution in [2.75, 3.05) is 0 Å². The molecule has 54 heavy (non-hydrogen) atoms. The van der Waals surface area contributed by atoms with Crippen LogP contribution in [0.5, 0.6) is 11.5 Å². The number of carbonyl (C=O) groups is 2. The van der Waals surface area contributed by atoms with Crippen LogP contribution in [0.15, 0.2) is 182 Å². The van der Waals surface area contributed by atoms with Crippen molar-refractivity contribution in [3.8, 4) is 22.6 Å². The number of carbonyl (C=O) groups excluding carboxylic acids is 2. The van der Waals surface area contributed by atoms with Gasteiger partial charge in [-0.15, -0.1) is 0 Å². The molecule has 254 valence electrons. The second-order valence-electron chi connectivity index (χ2n) is 13.6. The fourth-order valence-corrected chi connectivity index (χ4v) is 7.64. The second-order valence-corrected chi connectivity index (χ2v) is 13.6. The van der Waals surface area contributed by atoms with Crippen LogP contribution < -0.4 is 9.47 Å². The molecule has 4 heteroatoms. The monoisotopic (exact) mass is 694 g/mol. The lowest BCUT2D eigenvalue weighted by atomic mass is 9.92. The van der Waals surface area contributed by atoms with Gasteiger partial charge in [0.1, 0.15) is 11.5 Å². The minimum absolute atomic E-state index is 0.364. The molecule has 0 N–H and O–H groups in total. The molecule has 0 amide bonds. The predicted molar refractivity (Wildman–Crippen MR) is 220 cm³/mol. The molecular weight excluding hydrogens is 665 g/mol. The molecule has 0 saturated carbocycles. The Morgan fingerprint density at radius 1 is 0.296 bits per heavy atom. The molecule has 10 rings (SSSR count). The third kappa shape index (κ3) is 5.49. The molecule has 0 radical (unpaired) electrons. The fourth-order valence-electron chi connectivity index (χ4n) is 7.64. The van der Waals surface area contributed by atoms with Crippen molar-refractivity contribution >= 4 is 76.6 Å². The quantitative estimate of drug-likeness (QED) is 0.102. The first-order valence-corrected chi connectivity index (χ1v) is 17.9. The van der Waals surface area contributed by atoms with E-state index in [0.29, 0.717) is 33.8 Å². The van der Waals surface area contributed by atoms with E-state index in [4.69, 9.17) is 9.47 Å². The lowest BCUT2D eigenvalue weighted by molar-refractivity contribution is 0.0723. The number of hydrogen-bond donors (Lipinski definition) is 0. The first-order valence-electron chi connectivity index (χ1n) is 17.9. The molecule has 10 aromatic carbocycles. The molecule has 0 saturated heterocycles. The largest absolute Gasteiger partial charge is 0.422 e. The van der Waals surface area contributed by atoms with E-state index in [0.717, 1.165) is 64.6 Å². The standard InChI is InChI=1S/C50H30O4/c51-49(39-19-17-37-25-33-11-1-3-13-35(33)27-41(37)29-39)53-45-23-21-31-9-5-7-15-43(31)47(45)48-44-16-8-6-10-32(44)22-24-46(48)54-50(52)40-20-18-38-26-34-12-2-4-14-36(34)28-42(38)30-40/h1-30H. The van der Waals surface area contributed by atoms with Crippen LogP contribution in [0.25, 0.3) is 75.8 Å². The topological polar surface area (TPSA) is 52.6 Å². The highest BCUT2D eigenvalue weighted by Gasteiger charge is 2.23. The van der Waals surface area contributed by atoms with Gasteiger partial charge in [0.15, 0.2) is 0 Å². The predicted octanol–water partition coefficient (Wildman–Crippen LogP) is 12.7. The summed E-state index contributed by atoms with van der Waals surface area (Å²) < 4.78 is 12.7. The summed E-state index contributed by atoms with van der Waals surface area (Å²) in [6.45, 7) is 0. The zero-order valence-corrected chi connectivity index (χ0v) is 29.0. The van der Waals surface area contributed by atoms with Crippen LogP contribution in [0.1, 0.15) is 20.7 Å². The van der Waals surface area contributed by atoms with Gasteiger partial charge in [0, 0.05) is 11.1 Å². The Hall–Kier alpha value is -7.30. The van der Waals surface area contributed by atoms with E-state index < -0.39 is 11.9 Å². The molecule has 0 aromatic heterocycles. The van der Waals surface area contributed by atoms with Gasteiger partial charge in [0.2, 0.25) is 0 Å². The minimum Gasteiger partial charge on any atom is -0.422 e. The summed E-state index contributed by atoms with van der Waals surface area (Å²) in [6, 6.07) is 59.6. The van der Waals surface area contributed by atoms with Crippen molar-refractivity contribution in [1.29, 1.82) is 0 Å². The summed E-state index contributed by atoms with van der Waals surface area (Å²) >= 11 is 0. The van der Waals surface area contributed by atoms with E-state index in [1.54, 1.807) is 12.1 Å². The molecule has 0 fully saturated rings. The van der Waals surface area contributed by atoms with Gasteiger partial charge in [0.05, 0.1) is 11.1 Å². The highest BCUT2D eigenvalue weighted by atomic mass is 16.5. The van der Waals surface area contributed by atoms with E-state index in [2.05, 4.69) is 48.5 Å². The van der Waals surface area contributed by atoms with Gasteiger partial charge in [0.25, 0.3) is 0 Å². The number of rotatable bonds is 5. The maximum Gasteiger partial charge on any atom is 0.343 e. The summed E-state index contributed by atoms with van der Waals surface area (Å²) in [5.41, 5.74) is 2.20. The van der Waals surface area contributed by atoms with Gasteiger partial charge in [-0.25, -0.2) is 9.59 Å². The van der Waals surface area contributed by atoms with Crippen molar-refractivity contribution in [3.05, 3.63) is 193 Å². The van der Waals surface area contributed by atoms with E-state index in [1.165, 1.54) is 0 Å². The third-order valence-corrected chi connectivity index (χ3v) is 10.3. The van der Waals surface area contributed by atoms with Crippen LogP contribution in [-0.4, -0.2) is 11.9 Å². The molecular formula is C50H30O4. The fraction of sp³-hybridized carbons (Fsp3) is 0. The number of fused-ring (bicyclic) bond motifs is 6. The van der Waals surface area contributed by atoms with Gasteiger partial charge in [-0.1, -0.05) is 121 Å². The summed E-state index contributed by atoms with van der Waals surface area (Å²) in [5.74, 6) is -0.236. The first-order chi connectivity index (χ1) is 26.6. The van der Waals surface area contributed by atoms with E-state index >= 15 is 0 Å². The number of esters is 2. The Kier molecular flexibility index (Phi) is 7.41. The average Bonchev–Trinajstić information content (AvgIpc) is 3.21. The summed E-state index contributed by atoms with van der Waals surface area (Å²) in [5, 5.41) is 12.1. The molecule has 0 unspecified atom stereocenters. The Labute approximate surface area is 310 Å². The zero-order valence-electron chi connectivity index (χ0n) is 29.0. The molecule has 0 spiro atoms. The van der Waals surface area contributed by atoms with Gasteiger partial charge in [-0.3, -0.25) is 0 Å². The zero-order chi connectivity index (χ0) is 36.2. The van der Waals surface area contributed by atoms with Crippen molar-refractivity contribution in [2.24, 2.45) is 0 Å². The molecule has 0 atom stereocenters. The van der Waals surface area contributed by atoms with Gasteiger partial charge in [-0.2, -0.15) is 0 Å². The van der Waals surface area contributed by atoms with Crippen molar-refractivity contribution < 1.29 is 19.1 Å². The van der Waals surface area contributed by atoms with Gasteiger partial charge in [-0.05, 0) is 125 Å². The SMILES string of the molecule is O=C(Oc1ccc2ccccc2c1-c1c(OC(=O)c2ccc3cc4ccccc4cc3c2)ccc2ccccc12)c1ccc2cc3ccccc3cc2c1. The third-order valence-electron chi connectivity index (χ3n) is 10.3. The van der Waals surface area contributed by atoms with Gasteiger partial charge < -0.3 is 9.47 Å².